The van der Waals surface area contributed by atoms with Crippen LogP contribution in [0.4, 0.5) is 5.95 Å². The molecule has 0 bridgehead atoms. The quantitative estimate of drug-likeness (QED) is 0.878. The highest BCUT2D eigenvalue weighted by molar-refractivity contribution is 5.96. The minimum absolute atomic E-state index is 0.00721. The second kappa shape index (κ2) is 7.90. The summed E-state index contributed by atoms with van der Waals surface area (Å²) in [6.45, 7) is 8.82. The van der Waals surface area contributed by atoms with Crippen molar-refractivity contribution >= 4 is 17.8 Å². The average Bonchev–Trinajstić information content (AvgIpc) is 2.99. The van der Waals surface area contributed by atoms with Crippen LogP contribution >= 0.6 is 0 Å². The molecule has 7 heteroatoms. The highest BCUT2D eigenvalue weighted by atomic mass is 16.2. The van der Waals surface area contributed by atoms with Gasteiger partial charge < -0.3 is 4.90 Å². The number of benzene rings is 1. The number of nitrogens with zero attached hydrogens (tertiary/aromatic N) is 4. The number of aryl methyl sites for hydroxylation is 2. The second-order valence-corrected chi connectivity index (χ2v) is 7.40. The third kappa shape index (κ3) is 4.18. The molecule has 1 unspecified atom stereocenters. The molecule has 0 saturated heterocycles. The summed E-state index contributed by atoms with van der Waals surface area (Å²) in [5.74, 6) is 1.06. The van der Waals surface area contributed by atoms with Gasteiger partial charge in [0.1, 0.15) is 11.9 Å². The van der Waals surface area contributed by atoms with Gasteiger partial charge in [0.25, 0.3) is 0 Å². The van der Waals surface area contributed by atoms with E-state index in [4.69, 9.17) is 0 Å². The first kappa shape index (κ1) is 19.1. The summed E-state index contributed by atoms with van der Waals surface area (Å²) in [6.07, 6.45) is 0.932. The minimum atomic E-state index is -0.548. The highest BCUT2D eigenvalue weighted by Crippen LogP contribution is 2.25. The molecule has 27 heavy (non-hydrogen) atoms. The van der Waals surface area contributed by atoms with E-state index in [-0.39, 0.29) is 17.7 Å². The Balaban J connectivity index is 1.86. The van der Waals surface area contributed by atoms with Crippen molar-refractivity contribution in [1.82, 2.24) is 19.7 Å². The number of carbonyl (C=O) groups is 2. The van der Waals surface area contributed by atoms with Crippen molar-refractivity contribution in [2.45, 2.75) is 59.7 Å². The Morgan fingerprint density at radius 1 is 1.26 bits per heavy atom. The summed E-state index contributed by atoms with van der Waals surface area (Å²) in [5, 5.41) is 7.14. The van der Waals surface area contributed by atoms with Gasteiger partial charge >= 0.3 is 0 Å². The number of carbonyl (C=O) groups excluding carboxylic acids is 2. The van der Waals surface area contributed by atoms with Crippen LogP contribution in [0.3, 0.4) is 0 Å². The molecule has 1 N–H and O–H groups in total. The fraction of sp³-hybridized carbons (Fsp3) is 0.500. The normalized spacial score (nSPS) is 16.3. The number of aromatic nitrogens is 3. The van der Waals surface area contributed by atoms with Gasteiger partial charge in [-0.1, -0.05) is 38.1 Å². The van der Waals surface area contributed by atoms with Crippen molar-refractivity contribution < 1.29 is 9.59 Å². The average molecular weight is 369 g/mol. The molecule has 0 radical (unpaired) electrons. The number of hydrogen-bond acceptors (Lipinski definition) is 4. The van der Waals surface area contributed by atoms with E-state index in [0.717, 1.165) is 11.1 Å². The van der Waals surface area contributed by atoms with Crippen LogP contribution in [0, 0.1) is 12.8 Å². The number of hydrogen-bond donors (Lipinski definition) is 1. The molecular formula is C20H27N5O2. The predicted molar refractivity (Wildman–Crippen MR) is 103 cm³/mol. The molecule has 1 atom stereocenters. The van der Waals surface area contributed by atoms with Crippen LogP contribution in [0.15, 0.2) is 24.3 Å². The van der Waals surface area contributed by atoms with E-state index in [2.05, 4.69) is 15.4 Å². The molecule has 2 aromatic rings. The summed E-state index contributed by atoms with van der Waals surface area (Å²) in [4.78, 5) is 31.9. The van der Waals surface area contributed by atoms with E-state index in [1.807, 2.05) is 45.0 Å². The van der Waals surface area contributed by atoms with Crippen molar-refractivity contribution in [3.8, 4) is 0 Å². The zero-order chi connectivity index (χ0) is 19.6. The highest BCUT2D eigenvalue weighted by Gasteiger charge is 2.35. The second-order valence-electron chi connectivity index (χ2n) is 7.40. The number of rotatable bonds is 5. The Morgan fingerprint density at radius 3 is 2.63 bits per heavy atom. The summed E-state index contributed by atoms with van der Waals surface area (Å²) < 4.78 is 1.66. The van der Waals surface area contributed by atoms with Crippen LogP contribution in [0.2, 0.25) is 0 Å². The summed E-state index contributed by atoms with van der Waals surface area (Å²) >= 11 is 0. The Morgan fingerprint density at radius 2 is 1.96 bits per heavy atom. The molecule has 0 saturated carbocycles. The summed E-state index contributed by atoms with van der Waals surface area (Å²) in [5.41, 5.74) is 2.21. The molecule has 7 nitrogen and oxygen atoms in total. The van der Waals surface area contributed by atoms with E-state index in [1.165, 1.54) is 0 Å². The SMILES string of the molecule is CCn1nc(C)nc1NC(=O)C1Cc2ccccc2CN1C(=O)CC(C)C. The van der Waals surface area contributed by atoms with Gasteiger partial charge in [-0.05, 0) is 30.9 Å². The Bertz CT molecular complexity index is 843. The molecule has 144 valence electrons. The zero-order valence-electron chi connectivity index (χ0n) is 16.4. The minimum Gasteiger partial charge on any atom is -0.326 e. The molecule has 2 heterocycles. The lowest BCUT2D eigenvalue weighted by molar-refractivity contribution is -0.140. The van der Waals surface area contributed by atoms with E-state index >= 15 is 0 Å². The van der Waals surface area contributed by atoms with Crippen LogP contribution in [0.5, 0.6) is 0 Å². The molecular weight excluding hydrogens is 342 g/mol. The van der Waals surface area contributed by atoms with Crippen LogP contribution in [-0.2, 0) is 29.1 Å². The lowest BCUT2D eigenvalue weighted by Gasteiger charge is -2.36. The third-order valence-electron chi connectivity index (χ3n) is 4.77. The van der Waals surface area contributed by atoms with Crippen LogP contribution in [0.1, 0.15) is 44.1 Å². The zero-order valence-corrected chi connectivity index (χ0v) is 16.4. The number of nitrogens with one attached hydrogen (secondary N) is 1. The maximum Gasteiger partial charge on any atom is 0.249 e. The summed E-state index contributed by atoms with van der Waals surface area (Å²) in [7, 11) is 0. The molecule has 1 aliphatic rings. The van der Waals surface area contributed by atoms with Crippen molar-refractivity contribution in [3.63, 3.8) is 0 Å². The fourth-order valence-electron chi connectivity index (χ4n) is 3.45. The maximum atomic E-state index is 13.1. The molecule has 0 spiro atoms. The number of anilines is 1. The number of amides is 2. The third-order valence-corrected chi connectivity index (χ3v) is 4.77. The van der Waals surface area contributed by atoms with Gasteiger partial charge in [-0.15, -0.1) is 0 Å². The van der Waals surface area contributed by atoms with Crippen molar-refractivity contribution in [1.29, 1.82) is 0 Å². The lowest BCUT2D eigenvalue weighted by Crippen LogP contribution is -2.51. The Labute approximate surface area is 159 Å². The van der Waals surface area contributed by atoms with Gasteiger partial charge in [0.15, 0.2) is 0 Å². The molecule has 1 aromatic heterocycles. The number of fused-ring (bicyclic) bond motifs is 1. The molecule has 0 fully saturated rings. The fourth-order valence-corrected chi connectivity index (χ4v) is 3.45. The first-order valence-corrected chi connectivity index (χ1v) is 9.47. The molecule has 3 rings (SSSR count). The van der Waals surface area contributed by atoms with Crippen molar-refractivity contribution in [3.05, 3.63) is 41.2 Å². The molecule has 1 aliphatic heterocycles. The smallest absolute Gasteiger partial charge is 0.249 e. The molecule has 2 amide bonds. The van der Waals surface area contributed by atoms with Gasteiger partial charge in [-0.25, -0.2) is 4.68 Å². The van der Waals surface area contributed by atoms with Crippen LogP contribution in [0.25, 0.3) is 0 Å². The first-order chi connectivity index (χ1) is 12.9. The van der Waals surface area contributed by atoms with E-state index < -0.39 is 6.04 Å². The lowest BCUT2D eigenvalue weighted by atomic mass is 9.92. The van der Waals surface area contributed by atoms with Gasteiger partial charge in [-0.2, -0.15) is 10.1 Å². The first-order valence-electron chi connectivity index (χ1n) is 9.47. The standard InChI is InChI=1S/C20H27N5O2/c1-5-25-20(21-14(4)23-25)22-19(27)17-11-15-8-6-7-9-16(15)12-24(17)18(26)10-13(2)3/h6-9,13,17H,5,10-12H2,1-4H3,(H,21,22,23,27). The van der Waals surface area contributed by atoms with Gasteiger partial charge in [0.2, 0.25) is 17.8 Å². The van der Waals surface area contributed by atoms with Crippen molar-refractivity contribution in [2.75, 3.05) is 5.32 Å². The monoisotopic (exact) mass is 369 g/mol. The van der Waals surface area contributed by atoms with E-state index in [9.17, 15) is 9.59 Å². The predicted octanol–water partition coefficient (Wildman–Crippen LogP) is 2.54. The maximum absolute atomic E-state index is 13.1. The molecule has 0 aliphatic carbocycles. The van der Waals surface area contributed by atoms with Crippen LogP contribution in [-0.4, -0.2) is 37.5 Å². The summed E-state index contributed by atoms with van der Waals surface area (Å²) in [6, 6.07) is 7.44. The molecule has 1 aromatic carbocycles. The largest absolute Gasteiger partial charge is 0.326 e. The topological polar surface area (TPSA) is 80.1 Å². The van der Waals surface area contributed by atoms with E-state index in [1.54, 1.807) is 16.5 Å². The van der Waals surface area contributed by atoms with E-state index in [0.29, 0.717) is 37.7 Å². The van der Waals surface area contributed by atoms with Gasteiger partial charge in [0.05, 0.1) is 0 Å². The van der Waals surface area contributed by atoms with Gasteiger partial charge in [0, 0.05) is 25.9 Å². The van der Waals surface area contributed by atoms with Gasteiger partial charge in [-0.3, -0.25) is 14.9 Å². The van der Waals surface area contributed by atoms with Crippen LogP contribution < -0.4 is 5.32 Å². The Kier molecular flexibility index (Phi) is 5.58. The van der Waals surface area contributed by atoms with Crippen molar-refractivity contribution in [2.24, 2.45) is 5.92 Å². The Hall–Kier alpha value is -2.70.